The van der Waals surface area contributed by atoms with E-state index in [1.165, 1.54) is 11.1 Å². The van der Waals surface area contributed by atoms with E-state index in [4.69, 9.17) is 5.26 Å². The van der Waals surface area contributed by atoms with E-state index >= 15 is 0 Å². The lowest BCUT2D eigenvalue weighted by atomic mass is 9.98. The summed E-state index contributed by atoms with van der Waals surface area (Å²) in [6, 6.07) is 26.2. The van der Waals surface area contributed by atoms with Gasteiger partial charge in [-0.05, 0) is 23.3 Å². The number of pyridine rings is 1. The van der Waals surface area contributed by atoms with Gasteiger partial charge in [0.1, 0.15) is 11.8 Å². The quantitative estimate of drug-likeness (QED) is 0.783. The van der Waals surface area contributed by atoms with Gasteiger partial charge in [-0.15, -0.1) is 0 Å². The van der Waals surface area contributed by atoms with Crippen LogP contribution in [0.5, 0.6) is 0 Å². The highest BCUT2D eigenvalue weighted by molar-refractivity contribution is 5.48. The maximum atomic E-state index is 8.83. The average Bonchev–Trinajstić information content (AvgIpc) is 2.62. The maximum Gasteiger partial charge on any atom is 0.140 e. The van der Waals surface area contributed by atoms with Gasteiger partial charge in [0.15, 0.2) is 0 Å². The van der Waals surface area contributed by atoms with E-state index in [1.54, 1.807) is 12.3 Å². The molecule has 0 spiro atoms. The first-order valence-electron chi connectivity index (χ1n) is 7.09. The van der Waals surface area contributed by atoms with Gasteiger partial charge in [-0.1, -0.05) is 60.7 Å². The van der Waals surface area contributed by atoms with Crippen molar-refractivity contribution in [3.8, 4) is 6.07 Å². The Morgan fingerprint density at radius 3 is 1.86 bits per heavy atom. The van der Waals surface area contributed by atoms with Crippen LogP contribution in [0.1, 0.15) is 22.9 Å². The van der Waals surface area contributed by atoms with Crippen LogP contribution in [0, 0.1) is 11.3 Å². The third-order valence-electron chi connectivity index (χ3n) is 3.45. The molecule has 0 amide bonds. The Bertz CT molecular complexity index is 720. The van der Waals surface area contributed by atoms with Gasteiger partial charge in [0, 0.05) is 0 Å². The van der Waals surface area contributed by atoms with Crippen LogP contribution in [-0.4, -0.2) is 4.98 Å². The van der Waals surface area contributed by atoms with Gasteiger partial charge in [-0.3, -0.25) is 0 Å². The topological polar surface area (TPSA) is 48.7 Å². The second kappa shape index (κ2) is 6.55. The minimum atomic E-state index is 0.0390. The number of benzene rings is 2. The molecule has 1 heterocycles. The second-order valence-corrected chi connectivity index (χ2v) is 4.94. The summed E-state index contributed by atoms with van der Waals surface area (Å²) in [6.45, 7) is 0. The summed E-state index contributed by atoms with van der Waals surface area (Å²) in [5.74, 6) is 0. The molecule has 0 atom stereocenters. The Labute approximate surface area is 129 Å². The van der Waals surface area contributed by atoms with Gasteiger partial charge < -0.3 is 5.32 Å². The summed E-state index contributed by atoms with van der Waals surface area (Å²) in [5, 5.41) is 12.3. The molecule has 2 aromatic carbocycles. The summed E-state index contributed by atoms with van der Waals surface area (Å²) in [4.78, 5) is 4.11. The molecule has 3 rings (SSSR count). The number of nitrogens with one attached hydrogen (secondary N) is 1. The van der Waals surface area contributed by atoms with Crippen molar-refractivity contribution in [1.29, 1.82) is 5.26 Å². The first-order valence-corrected chi connectivity index (χ1v) is 7.09. The monoisotopic (exact) mass is 285 g/mol. The summed E-state index contributed by atoms with van der Waals surface area (Å²) in [7, 11) is 0. The van der Waals surface area contributed by atoms with E-state index in [2.05, 4.69) is 34.6 Å². The normalized spacial score (nSPS) is 10.2. The van der Waals surface area contributed by atoms with E-state index in [1.807, 2.05) is 48.5 Å². The predicted molar refractivity (Wildman–Crippen MR) is 87.3 cm³/mol. The Balaban J connectivity index is 1.94. The summed E-state index contributed by atoms with van der Waals surface area (Å²) >= 11 is 0. The van der Waals surface area contributed by atoms with Crippen LogP contribution in [0.2, 0.25) is 0 Å². The molecule has 0 aliphatic carbocycles. The summed E-state index contributed by atoms with van der Waals surface area (Å²) in [5.41, 5.74) is 3.66. The number of aromatic nitrogens is 1. The van der Waals surface area contributed by atoms with Gasteiger partial charge in [0.2, 0.25) is 0 Å². The molecule has 3 nitrogen and oxygen atoms in total. The molecule has 0 unspecified atom stereocenters. The number of nitriles is 1. The van der Waals surface area contributed by atoms with Crippen molar-refractivity contribution in [2.75, 3.05) is 5.32 Å². The molecule has 0 fully saturated rings. The average molecular weight is 285 g/mol. The fraction of sp³-hybridized carbons (Fsp3) is 0.0526. The lowest BCUT2D eigenvalue weighted by Crippen LogP contribution is -2.12. The molecule has 0 aliphatic rings. The van der Waals surface area contributed by atoms with Crippen LogP contribution in [0.15, 0.2) is 79.0 Å². The van der Waals surface area contributed by atoms with Crippen molar-refractivity contribution in [1.82, 2.24) is 4.98 Å². The standard InChI is InChI=1S/C19H15N3/c20-13-17-11-12-18(14-21-17)22-19(15-7-3-1-4-8-15)16-9-5-2-6-10-16/h1-12,14,19,22H. The summed E-state index contributed by atoms with van der Waals surface area (Å²) in [6.07, 6.45) is 1.69. The van der Waals surface area contributed by atoms with Crippen LogP contribution in [-0.2, 0) is 0 Å². The predicted octanol–water partition coefficient (Wildman–Crippen LogP) is 4.15. The van der Waals surface area contributed by atoms with E-state index < -0.39 is 0 Å². The van der Waals surface area contributed by atoms with Crippen molar-refractivity contribution < 1.29 is 0 Å². The number of anilines is 1. The highest BCUT2D eigenvalue weighted by atomic mass is 14.9. The molecule has 0 aliphatic heterocycles. The van der Waals surface area contributed by atoms with Crippen LogP contribution >= 0.6 is 0 Å². The highest BCUT2D eigenvalue weighted by Crippen LogP contribution is 2.26. The fourth-order valence-corrected chi connectivity index (χ4v) is 2.36. The van der Waals surface area contributed by atoms with Crippen LogP contribution in [0.4, 0.5) is 5.69 Å². The first-order chi connectivity index (χ1) is 10.9. The lowest BCUT2D eigenvalue weighted by Gasteiger charge is -2.21. The van der Waals surface area contributed by atoms with Gasteiger partial charge in [0.05, 0.1) is 17.9 Å². The Morgan fingerprint density at radius 1 is 0.818 bits per heavy atom. The smallest absolute Gasteiger partial charge is 0.140 e. The molecular weight excluding hydrogens is 270 g/mol. The van der Waals surface area contributed by atoms with Crippen molar-refractivity contribution in [3.63, 3.8) is 0 Å². The second-order valence-electron chi connectivity index (χ2n) is 4.94. The Hall–Kier alpha value is -3.12. The first kappa shape index (κ1) is 13.8. The Morgan fingerprint density at radius 2 is 1.41 bits per heavy atom. The van der Waals surface area contributed by atoms with Gasteiger partial charge in [-0.2, -0.15) is 5.26 Å². The zero-order valence-electron chi connectivity index (χ0n) is 12.0. The third-order valence-corrected chi connectivity index (χ3v) is 3.45. The fourth-order valence-electron chi connectivity index (χ4n) is 2.36. The number of nitrogens with zero attached hydrogens (tertiary/aromatic N) is 2. The van der Waals surface area contributed by atoms with Gasteiger partial charge in [0.25, 0.3) is 0 Å². The van der Waals surface area contributed by atoms with Crippen molar-refractivity contribution in [2.45, 2.75) is 6.04 Å². The van der Waals surface area contributed by atoms with Crippen LogP contribution in [0.3, 0.4) is 0 Å². The Kier molecular flexibility index (Phi) is 4.12. The zero-order valence-corrected chi connectivity index (χ0v) is 12.0. The molecular formula is C19H15N3. The molecule has 0 bridgehead atoms. The molecule has 3 heteroatoms. The molecule has 22 heavy (non-hydrogen) atoms. The molecule has 3 aromatic rings. The molecule has 106 valence electrons. The molecule has 0 saturated heterocycles. The molecule has 1 aromatic heterocycles. The number of hydrogen-bond acceptors (Lipinski definition) is 3. The number of rotatable bonds is 4. The van der Waals surface area contributed by atoms with E-state index in [0.717, 1.165) is 5.69 Å². The van der Waals surface area contributed by atoms with E-state index in [-0.39, 0.29) is 6.04 Å². The number of hydrogen-bond donors (Lipinski definition) is 1. The lowest BCUT2D eigenvalue weighted by molar-refractivity contribution is 0.936. The van der Waals surface area contributed by atoms with Gasteiger partial charge in [-0.25, -0.2) is 4.98 Å². The van der Waals surface area contributed by atoms with Crippen LogP contribution in [0.25, 0.3) is 0 Å². The largest absolute Gasteiger partial charge is 0.373 e. The summed E-state index contributed by atoms with van der Waals surface area (Å²) < 4.78 is 0. The highest BCUT2D eigenvalue weighted by Gasteiger charge is 2.13. The third kappa shape index (κ3) is 3.13. The van der Waals surface area contributed by atoms with Crippen molar-refractivity contribution >= 4 is 5.69 Å². The minimum absolute atomic E-state index is 0.0390. The molecule has 1 N–H and O–H groups in total. The molecule has 0 radical (unpaired) electrons. The molecule has 0 saturated carbocycles. The van der Waals surface area contributed by atoms with Gasteiger partial charge >= 0.3 is 0 Å². The maximum absolute atomic E-state index is 8.83. The zero-order chi connectivity index (χ0) is 15.2. The van der Waals surface area contributed by atoms with E-state index in [0.29, 0.717) is 5.69 Å². The van der Waals surface area contributed by atoms with Crippen molar-refractivity contribution in [3.05, 3.63) is 95.8 Å². The van der Waals surface area contributed by atoms with E-state index in [9.17, 15) is 0 Å². The SMILES string of the molecule is N#Cc1ccc(NC(c2ccccc2)c2ccccc2)cn1. The van der Waals surface area contributed by atoms with Crippen molar-refractivity contribution in [2.24, 2.45) is 0 Å². The van der Waals surface area contributed by atoms with Crippen LogP contribution < -0.4 is 5.32 Å². The minimum Gasteiger partial charge on any atom is -0.373 e.